The molecular formula is C15H14FN5O4. The zero-order chi connectivity index (χ0) is 18.0. The highest BCUT2D eigenvalue weighted by atomic mass is 19.1. The summed E-state index contributed by atoms with van der Waals surface area (Å²) in [5.41, 5.74) is 5.70. The second kappa shape index (κ2) is 6.59. The summed E-state index contributed by atoms with van der Waals surface area (Å²) in [4.78, 5) is 34.5. The predicted octanol–water partition coefficient (Wildman–Crippen LogP) is 0.182. The van der Waals surface area contributed by atoms with Crippen LogP contribution in [-0.2, 0) is 9.53 Å². The van der Waals surface area contributed by atoms with Crippen LogP contribution in [0.15, 0.2) is 30.6 Å². The third kappa shape index (κ3) is 3.27. The van der Waals surface area contributed by atoms with Crippen molar-refractivity contribution in [3.05, 3.63) is 42.0 Å². The van der Waals surface area contributed by atoms with Gasteiger partial charge >= 0.3 is 6.09 Å². The van der Waals surface area contributed by atoms with E-state index in [4.69, 9.17) is 10.5 Å². The number of carbonyl (C=O) groups is 3. The van der Waals surface area contributed by atoms with Gasteiger partial charge in [0, 0.05) is 6.20 Å². The SMILES string of the molecule is NC(=O)c1cnn(-c2ccc(N3C[C@H](CNC=O)OC3=O)cc2F)c1. The third-order valence-electron chi connectivity index (χ3n) is 3.66. The first-order chi connectivity index (χ1) is 12.0. The van der Waals surface area contributed by atoms with E-state index in [9.17, 15) is 18.8 Å². The summed E-state index contributed by atoms with van der Waals surface area (Å²) in [5, 5.41) is 6.31. The maximum atomic E-state index is 14.4. The quantitative estimate of drug-likeness (QED) is 0.723. The van der Waals surface area contributed by atoms with Crippen LogP contribution in [0.2, 0.25) is 0 Å². The molecule has 2 aromatic rings. The van der Waals surface area contributed by atoms with Crippen LogP contribution in [0.5, 0.6) is 0 Å². The maximum Gasteiger partial charge on any atom is 0.414 e. The Morgan fingerprint density at radius 2 is 2.32 bits per heavy atom. The lowest BCUT2D eigenvalue weighted by molar-refractivity contribution is -0.109. The number of hydrogen-bond acceptors (Lipinski definition) is 5. The second-order valence-electron chi connectivity index (χ2n) is 5.32. The molecule has 0 radical (unpaired) electrons. The zero-order valence-corrected chi connectivity index (χ0v) is 12.9. The van der Waals surface area contributed by atoms with Crippen molar-refractivity contribution < 1.29 is 23.5 Å². The molecule has 1 aromatic carbocycles. The van der Waals surface area contributed by atoms with Crippen LogP contribution in [0.3, 0.4) is 0 Å². The standard InChI is InChI=1S/C15H14FN5O4/c16-12-3-10(20-7-11(5-18-8-22)25-15(20)24)1-2-13(12)21-6-9(4-19-21)14(17)23/h1-4,6,8,11H,5,7H2,(H2,17,23)(H,18,22)/t11-/m0/s1. The van der Waals surface area contributed by atoms with Crippen LogP contribution in [0.1, 0.15) is 10.4 Å². The van der Waals surface area contributed by atoms with E-state index in [1.54, 1.807) is 0 Å². The molecule has 0 saturated carbocycles. The van der Waals surface area contributed by atoms with Crippen molar-refractivity contribution in [3.8, 4) is 5.69 Å². The lowest BCUT2D eigenvalue weighted by atomic mass is 10.2. The molecule has 0 spiro atoms. The van der Waals surface area contributed by atoms with Gasteiger partial charge in [0.25, 0.3) is 5.91 Å². The molecule has 9 nitrogen and oxygen atoms in total. The number of halogens is 1. The minimum Gasteiger partial charge on any atom is -0.442 e. The largest absolute Gasteiger partial charge is 0.442 e. The van der Waals surface area contributed by atoms with Gasteiger partial charge in [-0.25, -0.2) is 13.9 Å². The Kier molecular flexibility index (Phi) is 4.33. The Morgan fingerprint density at radius 3 is 2.96 bits per heavy atom. The molecule has 0 bridgehead atoms. The minimum atomic E-state index is -0.668. The first-order valence-electron chi connectivity index (χ1n) is 7.29. The maximum absolute atomic E-state index is 14.4. The second-order valence-corrected chi connectivity index (χ2v) is 5.32. The average Bonchev–Trinajstić information content (AvgIpc) is 3.20. The van der Waals surface area contributed by atoms with Gasteiger partial charge in [-0.3, -0.25) is 14.5 Å². The van der Waals surface area contributed by atoms with Crippen molar-refractivity contribution in [2.75, 3.05) is 18.0 Å². The number of amides is 3. The van der Waals surface area contributed by atoms with Crippen molar-refractivity contribution in [1.82, 2.24) is 15.1 Å². The normalized spacial score (nSPS) is 16.6. The van der Waals surface area contributed by atoms with Gasteiger partial charge in [0.05, 0.1) is 30.5 Å². The summed E-state index contributed by atoms with van der Waals surface area (Å²) >= 11 is 0. The highest BCUT2D eigenvalue weighted by Crippen LogP contribution is 2.25. The molecule has 1 fully saturated rings. The first kappa shape index (κ1) is 16.4. The summed E-state index contributed by atoms with van der Waals surface area (Å²) in [6, 6.07) is 4.12. The molecule has 3 amide bonds. The van der Waals surface area contributed by atoms with E-state index in [2.05, 4.69) is 10.4 Å². The number of nitrogens with two attached hydrogens (primary N) is 1. The van der Waals surface area contributed by atoms with E-state index in [-0.39, 0.29) is 24.3 Å². The molecule has 25 heavy (non-hydrogen) atoms. The van der Waals surface area contributed by atoms with Crippen LogP contribution in [0.25, 0.3) is 5.69 Å². The molecular weight excluding hydrogens is 333 g/mol. The fourth-order valence-corrected chi connectivity index (χ4v) is 2.45. The molecule has 1 aromatic heterocycles. The highest BCUT2D eigenvalue weighted by Gasteiger charge is 2.32. The Hall–Kier alpha value is -3.43. The van der Waals surface area contributed by atoms with Crippen molar-refractivity contribution in [1.29, 1.82) is 0 Å². The molecule has 3 N–H and O–H groups in total. The molecule has 1 aliphatic rings. The fourth-order valence-electron chi connectivity index (χ4n) is 2.45. The van der Waals surface area contributed by atoms with Gasteiger partial charge in [-0.2, -0.15) is 5.10 Å². The Labute approximate surface area is 141 Å². The van der Waals surface area contributed by atoms with Crippen molar-refractivity contribution >= 4 is 24.1 Å². The van der Waals surface area contributed by atoms with Gasteiger partial charge in [0.15, 0.2) is 5.82 Å². The molecule has 1 saturated heterocycles. The number of carbonyl (C=O) groups excluding carboxylic acids is 3. The van der Waals surface area contributed by atoms with Gasteiger partial charge < -0.3 is 15.8 Å². The molecule has 3 rings (SSSR count). The summed E-state index contributed by atoms with van der Waals surface area (Å²) in [7, 11) is 0. The number of primary amides is 1. The summed E-state index contributed by atoms with van der Waals surface area (Å²) < 4.78 is 20.7. The number of nitrogens with one attached hydrogen (secondary N) is 1. The molecule has 0 unspecified atom stereocenters. The molecule has 1 atom stereocenters. The number of nitrogens with zero attached hydrogens (tertiary/aromatic N) is 3. The van der Waals surface area contributed by atoms with Gasteiger partial charge in [-0.15, -0.1) is 0 Å². The summed E-state index contributed by atoms with van der Waals surface area (Å²) in [6.07, 6.45) is 1.92. The Morgan fingerprint density at radius 1 is 1.52 bits per heavy atom. The van der Waals surface area contributed by atoms with E-state index in [0.29, 0.717) is 12.1 Å². The lowest BCUT2D eigenvalue weighted by Gasteiger charge is -2.14. The van der Waals surface area contributed by atoms with E-state index in [0.717, 1.165) is 6.07 Å². The topological polar surface area (TPSA) is 120 Å². The Balaban J connectivity index is 1.81. The lowest BCUT2D eigenvalue weighted by Crippen LogP contribution is -2.30. The number of ether oxygens (including phenoxy) is 1. The number of anilines is 1. The van der Waals surface area contributed by atoms with Crippen LogP contribution >= 0.6 is 0 Å². The van der Waals surface area contributed by atoms with Crippen molar-refractivity contribution in [2.24, 2.45) is 5.73 Å². The van der Waals surface area contributed by atoms with Crippen molar-refractivity contribution in [2.45, 2.75) is 6.10 Å². The molecule has 0 aliphatic carbocycles. The van der Waals surface area contributed by atoms with E-state index in [1.807, 2.05) is 0 Å². The number of hydrogen-bond donors (Lipinski definition) is 2. The highest BCUT2D eigenvalue weighted by molar-refractivity contribution is 5.92. The zero-order valence-electron chi connectivity index (χ0n) is 12.9. The number of aromatic nitrogens is 2. The number of rotatable bonds is 6. The Bertz CT molecular complexity index is 837. The summed E-state index contributed by atoms with van der Waals surface area (Å²) in [5.74, 6) is -1.31. The average molecular weight is 347 g/mol. The van der Waals surface area contributed by atoms with Crippen LogP contribution in [-0.4, -0.2) is 47.4 Å². The molecule has 10 heteroatoms. The smallest absolute Gasteiger partial charge is 0.414 e. The molecule has 1 aliphatic heterocycles. The predicted molar refractivity (Wildman–Crippen MR) is 83.7 cm³/mol. The van der Waals surface area contributed by atoms with E-state index in [1.165, 1.54) is 34.1 Å². The fraction of sp³-hybridized carbons (Fsp3) is 0.200. The third-order valence-corrected chi connectivity index (χ3v) is 3.66. The minimum absolute atomic E-state index is 0.1000. The van der Waals surface area contributed by atoms with Gasteiger partial charge in [-0.05, 0) is 18.2 Å². The number of benzene rings is 1. The van der Waals surface area contributed by atoms with Crippen LogP contribution < -0.4 is 16.0 Å². The molecule has 130 valence electrons. The van der Waals surface area contributed by atoms with Crippen molar-refractivity contribution in [3.63, 3.8) is 0 Å². The van der Waals surface area contributed by atoms with Crippen LogP contribution in [0.4, 0.5) is 14.9 Å². The molecule has 2 heterocycles. The van der Waals surface area contributed by atoms with Gasteiger partial charge in [0.2, 0.25) is 6.41 Å². The van der Waals surface area contributed by atoms with Gasteiger partial charge in [-0.1, -0.05) is 0 Å². The summed E-state index contributed by atoms with van der Waals surface area (Å²) in [6.45, 7) is 0.363. The van der Waals surface area contributed by atoms with Gasteiger partial charge in [0.1, 0.15) is 11.8 Å². The van der Waals surface area contributed by atoms with E-state index < -0.39 is 23.9 Å². The van der Waals surface area contributed by atoms with Crippen LogP contribution in [0, 0.1) is 5.82 Å². The van der Waals surface area contributed by atoms with E-state index >= 15 is 0 Å². The monoisotopic (exact) mass is 347 g/mol. The first-order valence-corrected chi connectivity index (χ1v) is 7.29. The number of cyclic esters (lactones) is 1.